The van der Waals surface area contributed by atoms with E-state index in [0.29, 0.717) is 36.7 Å². The van der Waals surface area contributed by atoms with Crippen LogP contribution in [0.3, 0.4) is 0 Å². The number of nitrogens with zero attached hydrogens (tertiary/aromatic N) is 4. The third-order valence-corrected chi connectivity index (χ3v) is 11.8. The van der Waals surface area contributed by atoms with E-state index in [0.717, 1.165) is 50.4 Å². The molecule has 3 rings (SSSR count). The van der Waals surface area contributed by atoms with Crippen LogP contribution in [0.25, 0.3) is 0 Å². The molecule has 0 aliphatic rings. The maximum atomic E-state index is 13.3. The maximum absolute atomic E-state index is 13.3. The van der Waals surface area contributed by atoms with Crippen molar-refractivity contribution in [3.05, 3.63) is 105 Å². The molecule has 0 heterocycles. The summed E-state index contributed by atoms with van der Waals surface area (Å²) in [7, 11) is -1.66. The van der Waals surface area contributed by atoms with E-state index in [1.54, 1.807) is 0 Å². The van der Waals surface area contributed by atoms with Gasteiger partial charge in [0.05, 0.1) is 7.14 Å². The van der Waals surface area contributed by atoms with Gasteiger partial charge in [0.1, 0.15) is 0 Å². The van der Waals surface area contributed by atoms with Gasteiger partial charge in [-0.25, -0.2) is 0 Å². The van der Waals surface area contributed by atoms with E-state index in [9.17, 15) is 20.2 Å². The second kappa shape index (κ2) is 19.3. The second-order valence-corrected chi connectivity index (χ2v) is 19.4. The normalized spacial score (nSPS) is 12.2. The predicted molar refractivity (Wildman–Crippen MR) is 208 cm³/mol. The molecule has 1 radical (unpaired) electrons. The zero-order chi connectivity index (χ0) is 36.5. The van der Waals surface area contributed by atoms with Gasteiger partial charge in [0.15, 0.2) is 0 Å². The molecule has 0 saturated carbocycles. The summed E-state index contributed by atoms with van der Waals surface area (Å²) in [5, 5.41) is 43.1. The van der Waals surface area contributed by atoms with Gasteiger partial charge >= 0.3 is 38.2 Å². The molecule has 0 spiro atoms. The molecular weight excluding hydrogens is 782 g/mol. The Kier molecular flexibility index (Phi) is 17.9. The molecule has 10 heteroatoms. The summed E-state index contributed by atoms with van der Waals surface area (Å²) in [4.78, 5) is 2.19. The van der Waals surface area contributed by atoms with Gasteiger partial charge < -0.3 is 35.4 Å². The van der Waals surface area contributed by atoms with Crippen molar-refractivity contribution in [3.63, 3.8) is 0 Å². The molecular formula is C39H60DyN4O4P. The molecule has 0 atom stereocenters. The smallest absolute Gasteiger partial charge is 0.758 e. The fraction of sp³-hybridized carbons (Fsp3) is 0.538. The van der Waals surface area contributed by atoms with Crippen molar-refractivity contribution < 1.29 is 42.7 Å². The molecule has 0 bridgehead atoms. The minimum atomic E-state index is -1.66. The first-order chi connectivity index (χ1) is 22.2. The van der Waals surface area contributed by atoms with Crippen LogP contribution in [0.4, 0.5) is 17.1 Å². The van der Waals surface area contributed by atoms with Crippen LogP contribution in [0.2, 0.25) is 0 Å². The number of hydrogen-bond acceptors (Lipinski definition) is 8. The van der Waals surface area contributed by atoms with Crippen LogP contribution >= 0.6 is 7.14 Å². The van der Waals surface area contributed by atoms with Crippen molar-refractivity contribution >= 4 is 24.2 Å². The van der Waals surface area contributed by atoms with Gasteiger partial charge in [-0.15, -0.1) is 0 Å². The zero-order valence-electron chi connectivity index (χ0n) is 31.9. The minimum absolute atomic E-state index is 0. The van der Waals surface area contributed by atoms with Gasteiger partial charge in [0.2, 0.25) is 0 Å². The summed E-state index contributed by atoms with van der Waals surface area (Å²) in [6.45, 7) is 24.4. The molecule has 0 saturated heterocycles. The number of benzene rings is 3. The Bertz CT molecular complexity index is 1310. The average molecular weight is 842 g/mol. The summed E-state index contributed by atoms with van der Waals surface area (Å²) in [6, 6.07) is 22.9. The van der Waals surface area contributed by atoms with Crippen LogP contribution in [0.1, 0.15) is 99.8 Å². The molecule has 275 valence electrons. The Morgan fingerprint density at radius 3 is 0.898 bits per heavy atom. The molecule has 0 aliphatic heterocycles. The third-order valence-electron chi connectivity index (χ3n) is 8.37. The molecule has 0 unspecified atom stereocenters. The first-order valence-electron chi connectivity index (χ1n) is 17.1. The summed E-state index contributed by atoms with van der Waals surface area (Å²) in [5.74, 6) is 0. The van der Waals surface area contributed by atoms with Crippen LogP contribution in [-0.4, -0.2) is 40.0 Å². The minimum Gasteiger partial charge on any atom is -0.758 e. The van der Waals surface area contributed by atoms with Crippen molar-refractivity contribution in [2.45, 2.75) is 119 Å². The number of rotatable bonds is 12. The van der Waals surface area contributed by atoms with E-state index in [1.807, 2.05) is 156 Å². The van der Waals surface area contributed by atoms with Crippen molar-refractivity contribution in [2.24, 2.45) is 0 Å². The Labute approximate surface area is 327 Å². The summed E-state index contributed by atoms with van der Waals surface area (Å²) in [6.07, 6.45) is 2.62. The van der Waals surface area contributed by atoms with E-state index >= 15 is 0 Å². The summed E-state index contributed by atoms with van der Waals surface area (Å²) in [5.41, 5.74) is 2.67. The Morgan fingerprint density at radius 1 is 0.490 bits per heavy atom. The van der Waals surface area contributed by atoms with Gasteiger partial charge in [0, 0.05) is 53.3 Å². The summed E-state index contributed by atoms with van der Waals surface area (Å²) < 4.78 is 11.3. The average Bonchev–Trinajstić information content (AvgIpc) is 3.03. The fourth-order valence-electron chi connectivity index (χ4n) is 5.17. The number of hydroxylamine groups is 3. The first kappa shape index (κ1) is 45.4. The Hall–Kier alpha value is -1.60. The topological polar surface area (TPSA) is 99.2 Å². The van der Waals surface area contributed by atoms with Gasteiger partial charge in [-0.3, -0.25) is 4.90 Å². The first-order valence-corrected chi connectivity index (χ1v) is 19.4. The van der Waals surface area contributed by atoms with Crippen LogP contribution in [-0.2, 0) is 24.2 Å². The van der Waals surface area contributed by atoms with Crippen molar-refractivity contribution in [1.29, 1.82) is 0 Å². The molecule has 3 aromatic rings. The SMILES string of the molecule is CC(C)(C)N([O-])c1ccccc1CN(Cc1ccccc1N([O-])C(C)(C)C)Cc1ccccc1N([O-])C(C)(C)C.CCP(=O)(CC)CC.[Dy+3]. The zero-order valence-corrected chi connectivity index (χ0v) is 34.8. The van der Waals surface area contributed by atoms with Crippen LogP contribution in [0.5, 0.6) is 0 Å². The quantitative estimate of drug-likeness (QED) is 0.131. The van der Waals surface area contributed by atoms with E-state index in [1.165, 1.54) is 0 Å². The molecule has 0 aromatic heterocycles. The van der Waals surface area contributed by atoms with Gasteiger partial charge in [0.25, 0.3) is 0 Å². The van der Waals surface area contributed by atoms with Crippen molar-refractivity contribution in [3.8, 4) is 0 Å². The largest absolute Gasteiger partial charge is 3.00 e. The number of para-hydroxylation sites is 3. The molecule has 0 fully saturated rings. The standard InChI is InChI=1S/C33H45N4O3.C6H15OP.Dy/c1-31(2,3)35(38)28-19-13-10-16-25(28)22-34(23-26-17-11-14-20-29(26)36(39)32(4,5)6)24-27-18-12-15-21-30(27)37(40)33(7,8)9;1-4-8(7,5-2)6-3;/h10-21H,22-24H2,1-9H3;4-6H2,1-3H3;/q-3;;+3. The number of anilines is 3. The molecule has 8 nitrogen and oxygen atoms in total. The number of hydrogen-bond donors (Lipinski definition) is 0. The van der Waals surface area contributed by atoms with Gasteiger partial charge in [-0.2, -0.15) is 0 Å². The van der Waals surface area contributed by atoms with Gasteiger partial charge in [-0.1, -0.05) is 75.4 Å². The van der Waals surface area contributed by atoms with E-state index in [2.05, 4.69) is 4.90 Å². The van der Waals surface area contributed by atoms with Crippen LogP contribution in [0.15, 0.2) is 72.8 Å². The van der Waals surface area contributed by atoms with E-state index in [4.69, 9.17) is 0 Å². The van der Waals surface area contributed by atoms with Gasteiger partial charge in [-0.05, 0) is 116 Å². The van der Waals surface area contributed by atoms with Crippen molar-refractivity contribution in [1.82, 2.24) is 4.90 Å². The van der Waals surface area contributed by atoms with E-state index < -0.39 is 23.8 Å². The maximum Gasteiger partial charge on any atom is 3.00 e. The molecule has 3 aromatic carbocycles. The second-order valence-electron chi connectivity index (χ2n) is 15.4. The predicted octanol–water partition coefficient (Wildman–Crippen LogP) is 10.6. The van der Waals surface area contributed by atoms with Crippen LogP contribution < -0.4 is 15.2 Å². The molecule has 0 amide bonds. The molecule has 49 heavy (non-hydrogen) atoms. The van der Waals surface area contributed by atoms with E-state index in [-0.39, 0.29) is 38.2 Å². The van der Waals surface area contributed by atoms with Crippen molar-refractivity contribution in [2.75, 3.05) is 33.7 Å². The summed E-state index contributed by atoms with van der Waals surface area (Å²) >= 11 is 0. The Balaban J connectivity index is 0.00000119. The molecule has 0 aliphatic carbocycles. The Morgan fingerprint density at radius 2 is 0.714 bits per heavy atom. The fourth-order valence-corrected chi connectivity index (χ4v) is 6.51. The monoisotopic (exact) mass is 843 g/mol. The third kappa shape index (κ3) is 13.5. The molecule has 0 N–H and O–H groups in total. The van der Waals surface area contributed by atoms with Crippen LogP contribution in [0, 0.1) is 53.8 Å².